The molecule has 0 unspecified atom stereocenters. The Bertz CT molecular complexity index is 1160. The van der Waals surface area contributed by atoms with Gasteiger partial charge in [-0.1, -0.05) is 63.2 Å². The minimum Gasteiger partial charge on any atom is -0.494 e. The normalized spacial score (nSPS) is 11.6. The van der Waals surface area contributed by atoms with E-state index in [0.29, 0.717) is 25.4 Å². The van der Waals surface area contributed by atoms with Crippen LogP contribution in [0.1, 0.15) is 39.2 Å². The minimum atomic E-state index is -0.119. The molecule has 0 bridgehead atoms. The monoisotopic (exact) mass is 434 g/mol. The van der Waals surface area contributed by atoms with Gasteiger partial charge in [0.1, 0.15) is 5.75 Å². The summed E-state index contributed by atoms with van der Waals surface area (Å²) in [6.07, 6.45) is 0.961. The van der Waals surface area contributed by atoms with Crippen LogP contribution < -0.4 is 10.1 Å². The molecular formula is C24H26N4O2S. The highest BCUT2D eigenvalue weighted by Crippen LogP contribution is 2.26. The fourth-order valence-corrected chi connectivity index (χ4v) is 4.03. The number of carbonyl (C=O) groups excluding carboxylic acids is 1. The first-order valence-corrected chi connectivity index (χ1v) is 11.2. The van der Waals surface area contributed by atoms with Crippen LogP contribution in [0, 0.1) is 0 Å². The average Bonchev–Trinajstić information content (AvgIpc) is 3.31. The zero-order chi connectivity index (χ0) is 21.8. The molecule has 0 saturated heterocycles. The summed E-state index contributed by atoms with van der Waals surface area (Å²) in [5.74, 6) is 1.02. The molecule has 1 N–H and O–H groups in total. The van der Waals surface area contributed by atoms with Gasteiger partial charge >= 0.3 is 0 Å². The zero-order valence-corrected chi connectivity index (χ0v) is 18.8. The van der Waals surface area contributed by atoms with Crippen molar-refractivity contribution in [3.63, 3.8) is 0 Å². The summed E-state index contributed by atoms with van der Waals surface area (Å²) in [5.41, 5.74) is 3.40. The van der Waals surface area contributed by atoms with Crippen molar-refractivity contribution in [3.8, 4) is 17.0 Å². The summed E-state index contributed by atoms with van der Waals surface area (Å²) in [7, 11) is 0. The van der Waals surface area contributed by atoms with Crippen molar-refractivity contribution < 1.29 is 9.53 Å². The molecule has 4 aromatic rings. The Kier molecular flexibility index (Phi) is 6.04. The fourth-order valence-electron chi connectivity index (χ4n) is 3.20. The van der Waals surface area contributed by atoms with Gasteiger partial charge in [0.15, 0.2) is 0 Å². The lowest BCUT2D eigenvalue weighted by atomic mass is 9.87. The van der Waals surface area contributed by atoms with Gasteiger partial charge in [-0.15, -0.1) is 16.4 Å². The quantitative estimate of drug-likeness (QED) is 0.387. The molecule has 0 aliphatic heterocycles. The average molecular weight is 435 g/mol. The molecule has 6 nitrogen and oxygen atoms in total. The number of benzene rings is 2. The third kappa shape index (κ3) is 5.11. The first-order chi connectivity index (χ1) is 14.9. The maximum atomic E-state index is 12.3. The van der Waals surface area contributed by atoms with Crippen molar-refractivity contribution in [1.29, 1.82) is 0 Å². The maximum Gasteiger partial charge on any atom is 0.250 e. The molecular weight excluding hydrogens is 408 g/mol. The van der Waals surface area contributed by atoms with Crippen molar-refractivity contribution in [2.24, 2.45) is 0 Å². The fraction of sp³-hybridized carbons (Fsp3) is 0.292. The van der Waals surface area contributed by atoms with Gasteiger partial charge in [0, 0.05) is 17.4 Å². The van der Waals surface area contributed by atoms with Crippen LogP contribution in [0.2, 0.25) is 0 Å². The molecule has 2 aromatic heterocycles. The van der Waals surface area contributed by atoms with Crippen LogP contribution >= 0.6 is 11.3 Å². The van der Waals surface area contributed by atoms with Gasteiger partial charge in [0.2, 0.25) is 16.8 Å². The molecule has 2 aromatic carbocycles. The Hall–Kier alpha value is -3.19. The van der Waals surface area contributed by atoms with Crippen LogP contribution in [-0.2, 0) is 10.2 Å². The van der Waals surface area contributed by atoms with Crippen molar-refractivity contribution in [1.82, 2.24) is 14.6 Å². The number of amides is 1. The standard InChI is InChI=1S/C24H26N4O2S/c1-24(2,3)18-11-13-19(14-12-18)30-15-7-10-21(29)25-22-26-23-28(27-22)20(16-31-23)17-8-5-4-6-9-17/h4-6,8-9,11-14,16H,7,10,15H2,1-3H3,(H,25,27,29). The van der Waals surface area contributed by atoms with Gasteiger partial charge in [-0.05, 0) is 29.5 Å². The largest absolute Gasteiger partial charge is 0.494 e. The van der Waals surface area contributed by atoms with Gasteiger partial charge in [0.05, 0.1) is 12.3 Å². The Morgan fingerprint density at radius 1 is 1.10 bits per heavy atom. The molecule has 0 spiro atoms. The lowest BCUT2D eigenvalue weighted by molar-refractivity contribution is -0.116. The second-order valence-corrected chi connectivity index (χ2v) is 9.23. The molecule has 0 fully saturated rings. The van der Waals surface area contributed by atoms with Crippen molar-refractivity contribution in [2.45, 2.75) is 39.0 Å². The van der Waals surface area contributed by atoms with Crippen molar-refractivity contribution in [2.75, 3.05) is 11.9 Å². The predicted molar refractivity (Wildman–Crippen MR) is 125 cm³/mol. The van der Waals surface area contributed by atoms with Gasteiger partial charge in [-0.2, -0.15) is 4.98 Å². The summed E-state index contributed by atoms with van der Waals surface area (Å²) < 4.78 is 7.52. The molecule has 0 aliphatic rings. The molecule has 0 aliphatic carbocycles. The minimum absolute atomic E-state index is 0.119. The first kappa shape index (κ1) is 21.1. The number of nitrogens with zero attached hydrogens (tertiary/aromatic N) is 3. The summed E-state index contributed by atoms with van der Waals surface area (Å²) in [4.78, 5) is 17.4. The van der Waals surface area contributed by atoms with E-state index in [1.165, 1.54) is 16.9 Å². The zero-order valence-electron chi connectivity index (χ0n) is 18.0. The van der Waals surface area contributed by atoms with Gasteiger partial charge in [-0.3, -0.25) is 10.1 Å². The third-order valence-corrected chi connectivity index (χ3v) is 5.76. The lowest BCUT2D eigenvalue weighted by Crippen LogP contribution is -2.14. The van der Waals surface area contributed by atoms with Crippen LogP contribution in [0.5, 0.6) is 5.75 Å². The highest BCUT2D eigenvalue weighted by Gasteiger charge is 2.14. The second kappa shape index (κ2) is 8.89. The number of rotatable bonds is 7. The number of carbonyl (C=O) groups is 1. The first-order valence-electron chi connectivity index (χ1n) is 10.3. The van der Waals surface area contributed by atoms with Crippen LogP contribution in [0.25, 0.3) is 16.2 Å². The van der Waals surface area contributed by atoms with Crippen LogP contribution in [0.15, 0.2) is 60.0 Å². The number of fused-ring (bicyclic) bond motifs is 1. The Labute approximate surface area is 185 Å². The van der Waals surface area contributed by atoms with E-state index in [4.69, 9.17) is 4.74 Å². The number of ether oxygens (including phenoxy) is 1. The van der Waals surface area contributed by atoms with E-state index in [1.807, 2.05) is 47.8 Å². The van der Waals surface area contributed by atoms with Gasteiger partial charge < -0.3 is 4.74 Å². The van der Waals surface area contributed by atoms with Crippen LogP contribution in [-0.4, -0.2) is 27.1 Å². The second-order valence-electron chi connectivity index (χ2n) is 8.39. The van der Waals surface area contributed by atoms with Gasteiger partial charge in [0.25, 0.3) is 0 Å². The van der Waals surface area contributed by atoms with E-state index >= 15 is 0 Å². The van der Waals surface area contributed by atoms with E-state index in [2.05, 4.69) is 48.3 Å². The smallest absolute Gasteiger partial charge is 0.250 e. The Morgan fingerprint density at radius 2 is 1.84 bits per heavy atom. The van der Waals surface area contributed by atoms with Crippen LogP contribution in [0.3, 0.4) is 0 Å². The summed E-state index contributed by atoms with van der Waals surface area (Å²) in [5, 5.41) is 9.25. The van der Waals surface area contributed by atoms with E-state index in [1.54, 1.807) is 4.52 Å². The number of hydrogen-bond acceptors (Lipinski definition) is 5. The lowest BCUT2D eigenvalue weighted by Gasteiger charge is -2.19. The number of aromatic nitrogens is 3. The summed E-state index contributed by atoms with van der Waals surface area (Å²) in [6.45, 7) is 7.03. The highest BCUT2D eigenvalue weighted by atomic mass is 32.1. The molecule has 31 heavy (non-hydrogen) atoms. The van der Waals surface area contributed by atoms with Gasteiger partial charge in [-0.25, -0.2) is 4.52 Å². The predicted octanol–water partition coefficient (Wildman–Crippen LogP) is 5.55. The molecule has 0 radical (unpaired) electrons. The number of thiazole rings is 1. The molecule has 0 saturated carbocycles. The third-order valence-electron chi connectivity index (χ3n) is 4.94. The number of anilines is 1. The molecule has 2 heterocycles. The van der Waals surface area contributed by atoms with E-state index in [9.17, 15) is 4.79 Å². The Balaban J connectivity index is 1.27. The number of hydrogen-bond donors (Lipinski definition) is 1. The molecule has 4 rings (SSSR count). The summed E-state index contributed by atoms with van der Waals surface area (Å²) in [6, 6.07) is 18.1. The van der Waals surface area contributed by atoms with E-state index < -0.39 is 0 Å². The highest BCUT2D eigenvalue weighted by molar-refractivity contribution is 7.15. The SMILES string of the molecule is CC(C)(C)c1ccc(OCCCC(=O)Nc2nc3scc(-c4ccccc4)n3n2)cc1. The van der Waals surface area contributed by atoms with Crippen molar-refractivity contribution in [3.05, 3.63) is 65.5 Å². The summed E-state index contributed by atoms with van der Waals surface area (Å²) >= 11 is 1.50. The molecule has 160 valence electrons. The van der Waals surface area contributed by atoms with Crippen molar-refractivity contribution >= 4 is 28.2 Å². The topological polar surface area (TPSA) is 68.5 Å². The number of nitrogens with one attached hydrogen (secondary N) is 1. The Morgan fingerprint density at radius 3 is 2.55 bits per heavy atom. The molecule has 7 heteroatoms. The van der Waals surface area contributed by atoms with E-state index in [0.717, 1.165) is 22.0 Å². The van der Waals surface area contributed by atoms with E-state index in [-0.39, 0.29) is 11.3 Å². The van der Waals surface area contributed by atoms with Crippen LogP contribution in [0.4, 0.5) is 5.95 Å². The molecule has 1 amide bonds. The molecule has 0 atom stereocenters. The maximum absolute atomic E-state index is 12.3.